The molecule has 2 aliphatic heterocycles. The summed E-state index contributed by atoms with van der Waals surface area (Å²) in [6.07, 6.45) is 6.49. The summed E-state index contributed by atoms with van der Waals surface area (Å²) in [5.41, 5.74) is 4.57. The number of aromatic amines is 1. The van der Waals surface area contributed by atoms with Gasteiger partial charge in [0.15, 0.2) is 0 Å². The first-order chi connectivity index (χ1) is 11.3. The minimum Gasteiger partial charge on any atom is -0.347 e. The van der Waals surface area contributed by atoms with Crippen LogP contribution in [0.15, 0.2) is 53.7 Å². The highest BCUT2D eigenvalue weighted by Gasteiger charge is 2.16. The monoisotopic (exact) mass is 304 g/mol. The number of aromatic nitrogens is 4. The second kappa shape index (κ2) is 5.35. The van der Waals surface area contributed by atoms with E-state index >= 15 is 0 Å². The van der Waals surface area contributed by atoms with Gasteiger partial charge < -0.3 is 4.57 Å². The summed E-state index contributed by atoms with van der Waals surface area (Å²) in [6.45, 7) is 2.99. The zero-order chi connectivity index (χ0) is 15.8. The van der Waals surface area contributed by atoms with Gasteiger partial charge >= 0.3 is 0 Å². The quantitative estimate of drug-likeness (QED) is 0.631. The van der Waals surface area contributed by atoms with Crippen LogP contribution in [0.5, 0.6) is 0 Å². The first-order valence-corrected chi connectivity index (χ1v) is 7.69. The summed E-state index contributed by atoms with van der Waals surface area (Å²) < 4.78 is 2.14. The molecule has 0 aliphatic carbocycles. The molecule has 2 aliphatic rings. The van der Waals surface area contributed by atoms with Crippen molar-refractivity contribution in [2.24, 2.45) is 0 Å². The third-order valence-corrected chi connectivity index (χ3v) is 4.09. The summed E-state index contributed by atoms with van der Waals surface area (Å²) >= 11 is 0. The molecular weight excluding hydrogens is 288 g/mol. The van der Waals surface area contributed by atoms with Gasteiger partial charge in [-0.15, -0.1) is 0 Å². The van der Waals surface area contributed by atoms with Crippen LogP contribution < -0.4 is 5.56 Å². The predicted molar refractivity (Wildman–Crippen MR) is 90.5 cm³/mol. The van der Waals surface area contributed by atoms with Crippen molar-refractivity contribution < 1.29 is 0 Å². The maximum absolute atomic E-state index is 11.9. The summed E-state index contributed by atoms with van der Waals surface area (Å²) in [7, 11) is 0. The third kappa shape index (κ3) is 2.21. The molecule has 0 amide bonds. The van der Waals surface area contributed by atoms with E-state index in [9.17, 15) is 4.79 Å². The maximum Gasteiger partial charge on any atom is 0.275 e. The number of hydrogen-bond donors (Lipinski definition) is 1. The fourth-order valence-electron chi connectivity index (χ4n) is 3.00. The molecule has 1 aromatic carbocycles. The van der Waals surface area contributed by atoms with E-state index in [1.165, 1.54) is 0 Å². The SMILES string of the molecule is CCCn1cc2c(=O)[nH]nc-2c2ccc(-c3ccncc3)cc21. The van der Waals surface area contributed by atoms with E-state index in [1.807, 2.05) is 24.4 Å². The molecule has 114 valence electrons. The van der Waals surface area contributed by atoms with Crippen molar-refractivity contribution in [3.63, 3.8) is 0 Å². The number of fused-ring (bicyclic) bond motifs is 3. The highest BCUT2D eigenvalue weighted by molar-refractivity contribution is 5.95. The lowest BCUT2D eigenvalue weighted by Gasteiger charge is -2.14. The largest absolute Gasteiger partial charge is 0.347 e. The van der Waals surface area contributed by atoms with Crippen molar-refractivity contribution >= 4 is 10.9 Å². The Kier molecular flexibility index (Phi) is 3.19. The average Bonchev–Trinajstić information content (AvgIpc) is 2.97. The highest BCUT2D eigenvalue weighted by atomic mass is 16.1. The van der Waals surface area contributed by atoms with Crippen LogP contribution in [0.1, 0.15) is 13.3 Å². The molecule has 2 aromatic rings. The topological polar surface area (TPSA) is 63.6 Å². The molecule has 0 radical (unpaired) electrons. The molecule has 0 saturated carbocycles. The Bertz CT molecular complexity index is 1000. The Labute approximate surface area is 133 Å². The smallest absolute Gasteiger partial charge is 0.275 e. The molecular formula is C18H16N4O. The van der Waals surface area contributed by atoms with Gasteiger partial charge in [0.05, 0.1) is 11.1 Å². The first kappa shape index (κ1) is 13.7. The van der Waals surface area contributed by atoms with Crippen LogP contribution >= 0.6 is 0 Å². The molecule has 0 fully saturated rings. The van der Waals surface area contributed by atoms with Crippen LogP contribution in [0.4, 0.5) is 0 Å². The number of aryl methyl sites for hydroxylation is 1. The maximum atomic E-state index is 11.9. The molecule has 23 heavy (non-hydrogen) atoms. The second-order valence-electron chi connectivity index (χ2n) is 5.61. The van der Waals surface area contributed by atoms with Crippen molar-refractivity contribution in [3.05, 3.63) is 59.3 Å². The van der Waals surface area contributed by atoms with E-state index in [1.54, 1.807) is 12.4 Å². The van der Waals surface area contributed by atoms with E-state index in [-0.39, 0.29) is 5.56 Å². The van der Waals surface area contributed by atoms with Crippen LogP contribution in [-0.2, 0) is 6.54 Å². The standard InChI is InChI=1S/C18H16N4O/c1-2-9-22-11-15-17(20-21-18(15)23)14-4-3-13(10-16(14)22)12-5-7-19-8-6-12/h3-8,10-11H,2,9H2,1H3,(H,21,23). The van der Waals surface area contributed by atoms with Crippen molar-refractivity contribution in [1.82, 2.24) is 19.7 Å². The van der Waals surface area contributed by atoms with E-state index in [0.717, 1.165) is 40.7 Å². The van der Waals surface area contributed by atoms with Gasteiger partial charge in [-0.25, -0.2) is 5.10 Å². The van der Waals surface area contributed by atoms with Gasteiger partial charge in [0, 0.05) is 30.5 Å². The van der Waals surface area contributed by atoms with Crippen LogP contribution in [0.2, 0.25) is 0 Å². The molecule has 5 heteroatoms. The number of hydrogen-bond acceptors (Lipinski definition) is 3. The lowest BCUT2D eigenvalue weighted by atomic mass is 10.0. The minimum absolute atomic E-state index is 0.134. The van der Waals surface area contributed by atoms with Crippen LogP contribution in [0.25, 0.3) is 33.3 Å². The molecule has 1 N–H and O–H groups in total. The van der Waals surface area contributed by atoms with Crippen molar-refractivity contribution in [3.8, 4) is 22.4 Å². The molecule has 0 atom stereocenters. The van der Waals surface area contributed by atoms with Gasteiger partial charge in [-0.2, -0.15) is 5.10 Å². The highest BCUT2D eigenvalue weighted by Crippen LogP contribution is 2.30. The molecule has 1 aromatic heterocycles. The summed E-state index contributed by atoms with van der Waals surface area (Å²) in [5.74, 6) is 0. The predicted octanol–water partition coefficient (Wildman–Crippen LogP) is 3.30. The number of nitrogens with zero attached hydrogens (tertiary/aromatic N) is 3. The lowest BCUT2D eigenvalue weighted by Crippen LogP contribution is -2.06. The molecule has 0 spiro atoms. The zero-order valence-electron chi connectivity index (χ0n) is 12.8. The molecule has 4 rings (SSSR count). The van der Waals surface area contributed by atoms with Gasteiger partial charge in [-0.3, -0.25) is 9.78 Å². The summed E-state index contributed by atoms with van der Waals surface area (Å²) in [4.78, 5) is 16.0. The van der Waals surface area contributed by atoms with Gasteiger partial charge in [0.25, 0.3) is 5.56 Å². The fourth-order valence-corrected chi connectivity index (χ4v) is 3.00. The first-order valence-electron chi connectivity index (χ1n) is 7.69. The lowest BCUT2D eigenvalue weighted by molar-refractivity contribution is 0.699. The normalized spacial score (nSPS) is 11.3. The molecule has 5 nitrogen and oxygen atoms in total. The fraction of sp³-hybridized carbons (Fsp3) is 0.167. The van der Waals surface area contributed by atoms with E-state index in [4.69, 9.17) is 0 Å². The Morgan fingerprint density at radius 1 is 1.13 bits per heavy atom. The Morgan fingerprint density at radius 3 is 2.74 bits per heavy atom. The van der Waals surface area contributed by atoms with E-state index in [2.05, 4.69) is 38.8 Å². The minimum atomic E-state index is -0.134. The Hall–Kier alpha value is -2.95. The van der Waals surface area contributed by atoms with Crippen molar-refractivity contribution in [2.45, 2.75) is 19.9 Å². The van der Waals surface area contributed by atoms with Crippen LogP contribution in [0, 0.1) is 0 Å². The summed E-state index contributed by atoms with van der Waals surface area (Å²) in [6, 6.07) is 10.2. The summed E-state index contributed by atoms with van der Waals surface area (Å²) in [5, 5.41) is 7.74. The van der Waals surface area contributed by atoms with Gasteiger partial charge in [0.1, 0.15) is 5.69 Å². The van der Waals surface area contributed by atoms with Gasteiger partial charge in [-0.1, -0.05) is 13.0 Å². The molecule has 0 bridgehead atoms. The molecule has 3 heterocycles. The Morgan fingerprint density at radius 2 is 1.96 bits per heavy atom. The molecule has 0 unspecified atom stereocenters. The average molecular weight is 304 g/mol. The number of rotatable bonds is 3. The number of H-pyrrole nitrogens is 1. The molecule has 0 saturated heterocycles. The van der Waals surface area contributed by atoms with Gasteiger partial charge in [-0.05, 0) is 41.8 Å². The van der Waals surface area contributed by atoms with E-state index in [0.29, 0.717) is 5.56 Å². The number of pyridine rings is 2. The zero-order valence-corrected chi connectivity index (χ0v) is 12.8. The van der Waals surface area contributed by atoms with Gasteiger partial charge in [0.2, 0.25) is 0 Å². The van der Waals surface area contributed by atoms with Crippen LogP contribution in [-0.4, -0.2) is 19.7 Å². The van der Waals surface area contributed by atoms with Crippen LogP contribution in [0.3, 0.4) is 0 Å². The van der Waals surface area contributed by atoms with Crippen molar-refractivity contribution in [2.75, 3.05) is 0 Å². The number of nitrogens with one attached hydrogen (secondary N) is 1. The number of benzene rings is 1. The van der Waals surface area contributed by atoms with Crippen molar-refractivity contribution in [1.29, 1.82) is 0 Å². The third-order valence-electron chi connectivity index (χ3n) is 4.09. The second-order valence-corrected chi connectivity index (χ2v) is 5.61. The Balaban J connectivity index is 2.03. The van der Waals surface area contributed by atoms with E-state index < -0.39 is 0 Å².